The first-order chi connectivity index (χ1) is 8.08. The summed E-state index contributed by atoms with van der Waals surface area (Å²) in [7, 11) is 1.71. The fourth-order valence-corrected chi connectivity index (χ4v) is 1.66. The van der Waals surface area contributed by atoms with Gasteiger partial charge in [0, 0.05) is 12.6 Å². The highest BCUT2D eigenvalue weighted by Crippen LogP contribution is 2.20. The van der Waals surface area contributed by atoms with Crippen molar-refractivity contribution in [3.8, 4) is 11.3 Å². The van der Waals surface area contributed by atoms with Crippen molar-refractivity contribution in [3.63, 3.8) is 0 Å². The summed E-state index contributed by atoms with van der Waals surface area (Å²) in [6.45, 7) is 0. The normalized spacial score (nSPS) is 10.5. The van der Waals surface area contributed by atoms with Gasteiger partial charge in [-0.3, -0.25) is 4.79 Å². The van der Waals surface area contributed by atoms with Crippen LogP contribution in [0.1, 0.15) is 5.82 Å². The summed E-state index contributed by atoms with van der Waals surface area (Å²) in [5, 5.41) is 8.70. The van der Waals surface area contributed by atoms with Gasteiger partial charge in [-0.25, -0.2) is 9.37 Å². The maximum Gasteiger partial charge on any atom is 0.311 e. The minimum absolute atomic E-state index is 0.147. The van der Waals surface area contributed by atoms with Crippen LogP contribution in [0.2, 0.25) is 0 Å². The van der Waals surface area contributed by atoms with Gasteiger partial charge in [-0.2, -0.15) is 0 Å². The van der Waals surface area contributed by atoms with Crippen molar-refractivity contribution in [1.82, 2.24) is 9.55 Å². The van der Waals surface area contributed by atoms with Gasteiger partial charge in [0.1, 0.15) is 18.1 Å². The highest BCUT2D eigenvalue weighted by molar-refractivity contribution is 5.70. The molecule has 17 heavy (non-hydrogen) atoms. The third-order valence-corrected chi connectivity index (χ3v) is 2.51. The van der Waals surface area contributed by atoms with Crippen LogP contribution in [0, 0.1) is 5.82 Å². The van der Waals surface area contributed by atoms with E-state index in [4.69, 9.17) is 5.11 Å². The van der Waals surface area contributed by atoms with Gasteiger partial charge in [0.25, 0.3) is 0 Å². The molecule has 0 unspecified atom stereocenters. The Morgan fingerprint density at radius 1 is 1.53 bits per heavy atom. The van der Waals surface area contributed by atoms with E-state index in [1.165, 1.54) is 12.1 Å². The second-order valence-electron chi connectivity index (χ2n) is 3.70. The summed E-state index contributed by atoms with van der Waals surface area (Å²) < 4.78 is 14.7. The van der Waals surface area contributed by atoms with Crippen LogP contribution in [-0.4, -0.2) is 20.6 Å². The van der Waals surface area contributed by atoms with E-state index in [0.29, 0.717) is 17.1 Å². The molecule has 88 valence electrons. The second-order valence-corrected chi connectivity index (χ2v) is 3.70. The topological polar surface area (TPSA) is 55.1 Å². The number of halogens is 1. The van der Waals surface area contributed by atoms with E-state index in [1.807, 2.05) is 0 Å². The number of carboxylic acid groups (broad SMARTS) is 1. The van der Waals surface area contributed by atoms with Crippen LogP contribution in [0.4, 0.5) is 4.39 Å². The highest BCUT2D eigenvalue weighted by Gasteiger charge is 2.11. The quantitative estimate of drug-likeness (QED) is 0.881. The van der Waals surface area contributed by atoms with Gasteiger partial charge < -0.3 is 9.67 Å². The van der Waals surface area contributed by atoms with Crippen LogP contribution in [0.25, 0.3) is 11.3 Å². The zero-order valence-electron chi connectivity index (χ0n) is 9.22. The molecule has 4 nitrogen and oxygen atoms in total. The maximum absolute atomic E-state index is 13.1. The van der Waals surface area contributed by atoms with Gasteiger partial charge in [-0.05, 0) is 12.1 Å². The standard InChI is InChI=1S/C12H11FN2O2/c1-15-10(7-14-11(15)6-12(16)17)8-3-2-4-9(13)5-8/h2-5,7H,6H2,1H3,(H,16,17). The fraction of sp³-hybridized carbons (Fsp3) is 0.167. The van der Waals surface area contributed by atoms with Crippen molar-refractivity contribution in [2.45, 2.75) is 6.42 Å². The lowest BCUT2D eigenvalue weighted by atomic mass is 10.1. The summed E-state index contributed by atoms with van der Waals surface area (Å²) in [5.74, 6) is -0.829. The van der Waals surface area contributed by atoms with Gasteiger partial charge in [0.05, 0.1) is 11.9 Å². The van der Waals surface area contributed by atoms with Crippen LogP contribution >= 0.6 is 0 Å². The number of aliphatic carboxylic acids is 1. The Labute approximate surface area is 97.3 Å². The molecular weight excluding hydrogens is 223 g/mol. The minimum Gasteiger partial charge on any atom is -0.481 e. The van der Waals surface area contributed by atoms with Crippen LogP contribution in [0.3, 0.4) is 0 Å². The molecule has 0 saturated carbocycles. The van der Waals surface area contributed by atoms with Crippen molar-refractivity contribution < 1.29 is 14.3 Å². The Bertz CT molecular complexity index is 563. The largest absolute Gasteiger partial charge is 0.481 e. The van der Waals surface area contributed by atoms with Gasteiger partial charge in [-0.1, -0.05) is 12.1 Å². The van der Waals surface area contributed by atoms with Crippen LogP contribution in [0.15, 0.2) is 30.5 Å². The summed E-state index contributed by atoms with van der Waals surface area (Å²) in [6, 6.07) is 6.11. The van der Waals surface area contributed by atoms with Crippen molar-refractivity contribution >= 4 is 5.97 Å². The molecule has 0 aliphatic rings. The fourth-order valence-electron chi connectivity index (χ4n) is 1.66. The highest BCUT2D eigenvalue weighted by atomic mass is 19.1. The Morgan fingerprint density at radius 3 is 2.94 bits per heavy atom. The van der Waals surface area contributed by atoms with Gasteiger partial charge >= 0.3 is 5.97 Å². The van der Waals surface area contributed by atoms with Crippen molar-refractivity contribution in [3.05, 3.63) is 42.1 Å². The molecule has 0 spiro atoms. The molecule has 0 amide bonds. The van der Waals surface area contributed by atoms with Crippen LogP contribution in [-0.2, 0) is 18.3 Å². The molecule has 0 fully saturated rings. The molecule has 1 heterocycles. The molecule has 0 bridgehead atoms. The molecule has 2 rings (SSSR count). The average molecular weight is 234 g/mol. The summed E-state index contributed by atoms with van der Waals surface area (Å²) in [4.78, 5) is 14.6. The number of hydrogen-bond donors (Lipinski definition) is 1. The minimum atomic E-state index is -0.940. The van der Waals surface area contributed by atoms with E-state index in [-0.39, 0.29) is 12.2 Å². The molecule has 0 aliphatic heterocycles. The van der Waals surface area contributed by atoms with E-state index in [1.54, 1.807) is 29.9 Å². The summed E-state index contributed by atoms with van der Waals surface area (Å²) in [6.07, 6.45) is 1.40. The van der Waals surface area contributed by atoms with Gasteiger partial charge in [0.2, 0.25) is 0 Å². The lowest BCUT2D eigenvalue weighted by Crippen LogP contribution is -2.07. The summed E-state index contributed by atoms with van der Waals surface area (Å²) >= 11 is 0. The third kappa shape index (κ3) is 2.33. The van der Waals surface area contributed by atoms with Crippen molar-refractivity contribution in [2.24, 2.45) is 7.05 Å². The molecule has 2 aromatic rings. The molecule has 0 aliphatic carbocycles. The average Bonchev–Trinajstić information content (AvgIpc) is 2.60. The molecule has 1 aromatic heterocycles. The van der Waals surface area contributed by atoms with Crippen molar-refractivity contribution in [2.75, 3.05) is 0 Å². The van der Waals surface area contributed by atoms with Crippen LogP contribution < -0.4 is 0 Å². The first kappa shape index (κ1) is 11.3. The molecule has 0 saturated heterocycles. The van der Waals surface area contributed by atoms with Gasteiger partial charge in [0.15, 0.2) is 0 Å². The predicted molar refractivity (Wildman–Crippen MR) is 59.9 cm³/mol. The number of carbonyl (C=O) groups is 1. The zero-order chi connectivity index (χ0) is 12.4. The monoisotopic (exact) mass is 234 g/mol. The molecule has 1 N–H and O–H groups in total. The van der Waals surface area contributed by atoms with Crippen molar-refractivity contribution in [1.29, 1.82) is 0 Å². The SMILES string of the molecule is Cn1c(-c2cccc(F)c2)cnc1CC(=O)O. The first-order valence-electron chi connectivity index (χ1n) is 5.06. The van der Waals surface area contributed by atoms with E-state index in [2.05, 4.69) is 4.98 Å². The molecule has 1 aromatic carbocycles. The number of hydrogen-bond acceptors (Lipinski definition) is 2. The Balaban J connectivity index is 2.40. The molecule has 0 radical (unpaired) electrons. The Kier molecular flexibility index (Phi) is 2.91. The molecular formula is C12H11FN2O2. The number of aromatic nitrogens is 2. The van der Waals surface area contributed by atoms with E-state index < -0.39 is 5.97 Å². The maximum atomic E-state index is 13.1. The Morgan fingerprint density at radius 2 is 2.29 bits per heavy atom. The number of nitrogens with zero attached hydrogens (tertiary/aromatic N) is 2. The lowest BCUT2D eigenvalue weighted by Gasteiger charge is -2.04. The number of carboxylic acids is 1. The third-order valence-electron chi connectivity index (χ3n) is 2.51. The molecule has 0 atom stereocenters. The van der Waals surface area contributed by atoms with E-state index >= 15 is 0 Å². The van der Waals surface area contributed by atoms with Gasteiger partial charge in [-0.15, -0.1) is 0 Å². The smallest absolute Gasteiger partial charge is 0.311 e. The second kappa shape index (κ2) is 4.37. The van der Waals surface area contributed by atoms with E-state index in [0.717, 1.165) is 0 Å². The number of benzene rings is 1. The first-order valence-corrected chi connectivity index (χ1v) is 5.06. The van der Waals surface area contributed by atoms with Crippen LogP contribution in [0.5, 0.6) is 0 Å². The zero-order valence-corrected chi connectivity index (χ0v) is 9.22. The number of imidazole rings is 1. The van der Waals surface area contributed by atoms with E-state index in [9.17, 15) is 9.18 Å². The lowest BCUT2D eigenvalue weighted by molar-refractivity contribution is -0.136. The molecule has 5 heteroatoms. The Hall–Kier alpha value is -2.17. The summed E-state index contributed by atoms with van der Waals surface area (Å²) in [5.41, 5.74) is 1.37. The number of rotatable bonds is 3. The predicted octanol–water partition coefficient (Wildman–Crippen LogP) is 1.85.